The maximum Gasteiger partial charge on any atom is 0.306 e. The summed E-state index contributed by atoms with van der Waals surface area (Å²) in [5.41, 5.74) is 9.02. The number of rotatable bonds is 10. The average Bonchev–Trinajstić information content (AvgIpc) is 3.59. The summed E-state index contributed by atoms with van der Waals surface area (Å²) >= 11 is 0. The third kappa shape index (κ3) is 20.2. The van der Waals surface area contributed by atoms with Gasteiger partial charge < -0.3 is 30.4 Å². The largest absolute Gasteiger partial charge is 0.508 e. The van der Waals surface area contributed by atoms with Crippen molar-refractivity contribution in [2.24, 2.45) is 5.73 Å². The van der Waals surface area contributed by atoms with Crippen LogP contribution in [0.2, 0.25) is 0 Å². The third-order valence-corrected chi connectivity index (χ3v) is 9.16. The number of nitrogens with two attached hydrogens (primary N) is 1. The van der Waals surface area contributed by atoms with Crippen molar-refractivity contribution in [3.63, 3.8) is 0 Å². The summed E-state index contributed by atoms with van der Waals surface area (Å²) in [6.45, 7) is 13.0. The number of para-hydroxylation sites is 1. The number of esters is 1. The maximum atomic E-state index is 11.2. The zero-order valence-corrected chi connectivity index (χ0v) is 35.0. The first-order valence-corrected chi connectivity index (χ1v) is 20.7. The van der Waals surface area contributed by atoms with Gasteiger partial charge in [0, 0.05) is 31.5 Å². The summed E-state index contributed by atoms with van der Waals surface area (Å²) in [5.74, 6) is 1.56. The van der Waals surface area contributed by atoms with Gasteiger partial charge in [0.2, 0.25) is 5.91 Å². The molecule has 2 amide bonds. The van der Waals surface area contributed by atoms with Gasteiger partial charge >= 0.3 is 5.97 Å². The number of nitrogens with one attached hydrogen (secondary N) is 1. The van der Waals surface area contributed by atoms with Crippen molar-refractivity contribution in [2.75, 3.05) is 32.8 Å². The number of benzene rings is 4. The van der Waals surface area contributed by atoms with Gasteiger partial charge in [-0.1, -0.05) is 67.1 Å². The number of primary amides is 1. The van der Waals surface area contributed by atoms with Gasteiger partial charge in [-0.3, -0.25) is 19.3 Å². The Labute approximate surface area is 346 Å². The number of fused-ring (bicyclic) bond motifs is 2. The fraction of sp³-hybridized carbons (Fsp3) is 0.438. The van der Waals surface area contributed by atoms with Crippen LogP contribution in [0.15, 0.2) is 103 Å². The molecule has 7 rings (SSSR count). The highest BCUT2D eigenvalue weighted by Gasteiger charge is 2.19. The van der Waals surface area contributed by atoms with Gasteiger partial charge in [-0.2, -0.15) is 0 Å². The minimum atomic E-state index is -0.455. The Hall–Kier alpha value is -5.35. The molecule has 1 fully saturated rings. The zero-order valence-electron chi connectivity index (χ0n) is 35.0. The number of phenolic OH excluding ortho intramolecular Hbond substituents is 1. The number of carbonyl (C=O) groups excluding carboxylic acids is 3. The number of carbonyl (C=O) groups is 3. The van der Waals surface area contributed by atoms with E-state index >= 15 is 0 Å². The van der Waals surface area contributed by atoms with Crippen LogP contribution in [-0.2, 0) is 33.7 Å². The van der Waals surface area contributed by atoms with Crippen molar-refractivity contribution in [3.05, 3.63) is 125 Å². The Morgan fingerprint density at radius 3 is 2.00 bits per heavy atom. The second-order valence-electron chi connectivity index (χ2n) is 15.2. The monoisotopic (exact) mass is 795 g/mol. The van der Waals surface area contributed by atoms with Crippen LogP contribution in [0.3, 0.4) is 0 Å². The number of likely N-dealkylation sites (tertiary alicyclic amines) is 1. The molecule has 1 saturated heterocycles. The minimum absolute atomic E-state index is 0.0121. The number of amides is 2. The highest BCUT2D eigenvalue weighted by Crippen LogP contribution is 2.24. The fourth-order valence-corrected chi connectivity index (χ4v) is 6.36. The SMILES string of the molecule is CC(C)(C)OC(=O)CCCC(N)=O.CCOc1ccc2c(c1)CNC2=O.Oc1ccc2c(c1)CCCC2.c1ccc(OCCN2CCCCC2)cc1.c1ccccc1. The van der Waals surface area contributed by atoms with E-state index in [0.717, 1.165) is 42.2 Å². The lowest BCUT2D eigenvalue weighted by Gasteiger charge is -2.26. The second kappa shape index (κ2) is 26.5. The van der Waals surface area contributed by atoms with Crippen molar-refractivity contribution in [1.29, 1.82) is 0 Å². The lowest BCUT2D eigenvalue weighted by molar-refractivity contribution is -0.154. The number of hydrogen-bond acceptors (Lipinski definition) is 8. The molecule has 0 saturated carbocycles. The highest BCUT2D eigenvalue weighted by atomic mass is 16.6. The van der Waals surface area contributed by atoms with E-state index in [4.69, 9.17) is 19.9 Å². The minimum Gasteiger partial charge on any atom is -0.508 e. The van der Waals surface area contributed by atoms with Crippen molar-refractivity contribution in [1.82, 2.24) is 10.2 Å². The second-order valence-corrected chi connectivity index (χ2v) is 15.2. The summed E-state index contributed by atoms with van der Waals surface area (Å²) in [5, 5.41) is 11.9. The Morgan fingerprint density at radius 2 is 1.38 bits per heavy atom. The molecule has 2 aliphatic heterocycles. The van der Waals surface area contributed by atoms with E-state index in [1.165, 1.54) is 62.7 Å². The van der Waals surface area contributed by atoms with E-state index in [1.807, 2.05) is 104 Å². The normalized spacial score (nSPS) is 14.0. The Kier molecular flexibility index (Phi) is 21.5. The summed E-state index contributed by atoms with van der Waals surface area (Å²) in [4.78, 5) is 35.1. The molecule has 10 nitrogen and oxygen atoms in total. The van der Waals surface area contributed by atoms with Crippen molar-refractivity contribution >= 4 is 17.8 Å². The van der Waals surface area contributed by atoms with Crippen molar-refractivity contribution < 1.29 is 33.7 Å². The van der Waals surface area contributed by atoms with Gasteiger partial charge in [-0.25, -0.2) is 0 Å². The molecule has 58 heavy (non-hydrogen) atoms. The number of piperidine rings is 1. The van der Waals surface area contributed by atoms with Crippen molar-refractivity contribution in [3.8, 4) is 17.2 Å². The van der Waals surface area contributed by atoms with Crippen LogP contribution >= 0.6 is 0 Å². The van der Waals surface area contributed by atoms with Crippen LogP contribution in [0.4, 0.5) is 0 Å². The fourth-order valence-electron chi connectivity index (χ4n) is 6.36. The molecule has 4 N–H and O–H groups in total. The van der Waals surface area contributed by atoms with Gasteiger partial charge in [0.25, 0.3) is 5.91 Å². The molecule has 3 aliphatic rings. The topological polar surface area (TPSA) is 140 Å². The lowest BCUT2D eigenvalue weighted by Crippen LogP contribution is -2.33. The summed E-state index contributed by atoms with van der Waals surface area (Å²) in [7, 11) is 0. The molecular formula is C48H65N3O7. The summed E-state index contributed by atoms with van der Waals surface area (Å²) in [6, 6.07) is 33.3. The van der Waals surface area contributed by atoms with Crippen LogP contribution in [0.5, 0.6) is 17.2 Å². The number of phenols is 1. The number of aromatic hydroxyl groups is 1. The summed E-state index contributed by atoms with van der Waals surface area (Å²) < 4.78 is 16.0. The quantitative estimate of drug-likeness (QED) is 0.135. The van der Waals surface area contributed by atoms with Crippen LogP contribution < -0.4 is 20.5 Å². The molecule has 0 spiro atoms. The third-order valence-electron chi connectivity index (χ3n) is 9.16. The van der Waals surface area contributed by atoms with Crippen LogP contribution in [0.25, 0.3) is 0 Å². The predicted octanol–water partition coefficient (Wildman–Crippen LogP) is 8.82. The van der Waals surface area contributed by atoms with Crippen LogP contribution in [-0.4, -0.2) is 66.2 Å². The molecular weight excluding hydrogens is 731 g/mol. The molecule has 314 valence electrons. The lowest BCUT2D eigenvalue weighted by atomic mass is 9.92. The van der Waals surface area contributed by atoms with Gasteiger partial charge in [0.05, 0.1) is 6.61 Å². The molecule has 0 bridgehead atoms. The van der Waals surface area contributed by atoms with E-state index in [-0.39, 0.29) is 30.6 Å². The van der Waals surface area contributed by atoms with Gasteiger partial charge in [0.15, 0.2) is 0 Å². The molecule has 0 aromatic heterocycles. The highest BCUT2D eigenvalue weighted by molar-refractivity contribution is 5.98. The average molecular weight is 796 g/mol. The zero-order chi connectivity index (χ0) is 42.0. The van der Waals surface area contributed by atoms with E-state index in [2.05, 4.69) is 10.2 Å². The standard InChI is InChI=1S/C13H19NO.C10H11NO2.C10H12O.C9H17NO3.C6H6/c1-3-7-13(8-4-1)15-12-11-14-9-5-2-6-10-14;1-2-13-8-3-4-9-7(5-8)6-11-10(9)12;11-10-6-5-8-3-1-2-4-9(8)7-10;1-9(2,3)13-8(12)6-4-5-7(10)11;1-2-4-6-5-3-1/h1,3-4,7-8H,2,5-6,9-12H2;3-5H,2,6H2,1H3,(H,11,12);5-7,11H,1-4H2;4-6H2,1-3H3,(H2,10,11);1-6H. The molecule has 0 unspecified atom stereocenters. The molecule has 0 radical (unpaired) electrons. The smallest absolute Gasteiger partial charge is 0.306 e. The first kappa shape index (κ1) is 47.0. The predicted molar refractivity (Wildman–Crippen MR) is 231 cm³/mol. The van der Waals surface area contributed by atoms with E-state index in [9.17, 15) is 19.5 Å². The summed E-state index contributed by atoms with van der Waals surface area (Å²) in [6.07, 6.45) is 9.96. The number of ether oxygens (including phenoxy) is 3. The molecule has 10 heteroatoms. The Bertz CT molecular complexity index is 1740. The first-order chi connectivity index (χ1) is 27.9. The van der Waals surface area contributed by atoms with E-state index < -0.39 is 5.60 Å². The Morgan fingerprint density at radius 1 is 0.741 bits per heavy atom. The number of aryl methyl sites for hydroxylation is 2. The van der Waals surface area contributed by atoms with Crippen molar-refractivity contribution in [2.45, 2.75) is 104 Å². The van der Waals surface area contributed by atoms with Gasteiger partial charge in [-0.15, -0.1) is 0 Å². The van der Waals surface area contributed by atoms with Gasteiger partial charge in [0.1, 0.15) is 29.5 Å². The van der Waals surface area contributed by atoms with Gasteiger partial charge in [-0.05, 0) is 145 Å². The molecule has 4 aromatic carbocycles. The first-order valence-electron chi connectivity index (χ1n) is 20.7. The van der Waals surface area contributed by atoms with E-state index in [0.29, 0.717) is 25.3 Å². The maximum absolute atomic E-state index is 11.2. The molecule has 4 aromatic rings. The van der Waals surface area contributed by atoms with E-state index in [1.54, 1.807) is 26.8 Å². The van der Waals surface area contributed by atoms with Crippen LogP contribution in [0, 0.1) is 0 Å². The number of nitrogens with zero attached hydrogens (tertiary/aromatic N) is 1. The number of hydrogen-bond donors (Lipinski definition) is 3. The molecule has 0 atom stereocenters. The Balaban J connectivity index is 0.000000198. The van der Waals surface area contributed by atoms with Crippen LogP contribution in [0.1, 0.15) is 106 Å². The molecule has 1 aliphatic carbocycles. The molecule has 2 heterocycles.